The molecule has 0 spiro atoms. The van der Waals surface area contributed by atoms with Gasteiger partial charge in [-0.1, -0.05) is 0 Å². The molecule has 1 unspecified atom stereocenters. The van der Waals surface area contributed by atoms with Crippen molar-refractivity contribution in [3.63, 3.8) is 0 Å². The number of nitrogen functional groups attached to an aromatic ring is 1. The highest BCUT2D eigenvalue weighted by Crippen LogP contribution is 2.27. The van der Waals surface area contributed by atoms with Gasteiger partial charge in [-0.2, -0.15) is 0 Å². The fourth-order valence-corrected chi connectivity index (χ4v) is 1.76. The lowest BCUT2D eigenvalue weighted by Crippen LogP contribution is -2.08. The molecule has 5 heteroatoms. The maximum absolute atomic E-state index is 13.3. The van der Waals surface area contributed by atoms with Crippen LogP contribution >= 0.6 is 0 Å². The van der Waals surface area contributed by atoms with Crippen LogP contribution in [0.15, 0.2) is 36.5 Å². The lowest BCUT2D eigenvalue weighted by molar-refractivity contribution is 0.111. The highest BCUT2D eigenvalue weighted by Gasteiger charge is 2.14. The summed E-state index contributed by atoms with van der Waals surface area (Å²) in [6.07, 6.45) is 1.70. The van der Waals surface area contributed by atoms with Crippen molar-refractivity contribution in [3.8, 4) is 5.75 Å². The minimum Gasteiger partial charge on any atom is -0.482 e. The van der Waals surface area contributed by atoms with Crippen molar-refractivity contribution in [2.45, 2.75) is 13.0 Å². The van der Waals surface area contributed by atoms with Gasteiger partial charge in [-0.05, 0) is 37.3 Å². The Morgan fingerprint density at radius 3 is 2.89 bits per heavy atom. The van der Waals surface area contributed by atoms with Crippen molar-refractivity contribution in [3.05, 3.63) is 53.5 Å². The number of halogens is 1. The Bertz CT molecular complexity index is 602. The first-order valence-electron chi connectivity index (χ1n) is 5.73. The summed E-state index contributed by atoms with van der Waals surface area (Å²) in [5, 5.41) is 0. The molecule has 1 aromatic carbocycles. The average Bonchev–Trinajstić information content (AvgIpc) is 2.41. The van der Waals surface area contributed by atoms with Crippen molar-refractivity contribution in [1.29, 1.82) is 0 Å². The Morgan fingerprint density at radius 2 is 2.21 bits per heavy atom. The van der Waals surface area contributed by atoms with Crippen LogP contribution in [0.4, 0.5) is 10.2 Å². The topological polar surface area (TPSA) is 65.2 Å². The van der Waals surface area contributed by atoms with Gasteiger partial charge in [-0.3, -0.25) is 4.79 Å². The van der Waals surface area contributed by atoms with Crippen LogP contribution < -0.4 is 10.5 Å². The molecule has 0 aliphatic carbocycles. The Hall–Kier alpha value is -2.43. The molecule has 0 saturated carbocycles. The Morgan fingerprint density at radius 1 is 1.42 bits per heavy atom. The molecular weight excluding hydrogens is 247 g/mol. The molecule has 0 saturated heterocycles. The van der Waals surface area contributed by atoms with E-state index in [9.17, 15) is 9.18 Å². The lowest BCUT2D eigenvalue weighted by atomic mass is 10.0. The largest absolute Gasteiger partial charge is 0.482 e. The number of ether oxygens (including phenoxy) is 1. The standard InChI is InChI=1S/C14H13FN2O2/c1-9(19-13-3-2-6-17-14(13)16)12-7-11(15)5-4-10(12)8-18/h2-9H,1H3,(H2,16,17). The smallest absolute Gasteiger partial charge is 0.166 e. The predicted octanol–water partition coefficient (Wildman–Crippen LogP) is 2.76. The lowest BCUT2D eigenvalue weighted by Gasteiger charge is -2.17. The van der Waals surface area contributed by atoms with E-state index in [1.807, 2.05) is 0 Å². The average molecular weight is 260 g/mol. The number of anilines is 1. The van der Waals surface area contributed by atoms with Crippen molar-refractivity contribution < 1.29 is 13.9 Å². The number of hydrogen-bond donors (Lipinski definition) is 1. The summed E-state index contributed by atoms with van der Waals surface area (Å²) in [5.41, 5.74) is 6.52. The van der Waals surface area contributed by atoms with Gasteiger partial charge in [0.05, 0.1) is 0 Å². The third-order valence-electron chi connectivity index (χ3n) is 2.72. The number of pyridine rings is 1. The summed E-state index contributed by atoms with van der Waals surface area (Å²) in [4.78, 5) is 14.8. The van der Waals surface area contributed by atoms with E-state index in [0.29, 0.717) is 23.2 Å². The first-order chi connectivity index (χ1) is 9.11. The second-order valence-corrected chi connectivity index (χ2v) is 4.04. The van der Waals surface area contributed by atoms with Gasteiger partial charge in [-0.15, -0.1) is 0 Å². The second kappa shape index (κ2) is 5.48. The Labute approximate surface area is 110 Å². The number of rotatable bonds is 4. The summed E-state index contributed by atoms with van der Waals surface area (Å²) >= 11 is 0. The van der Waals surface area contributed by atoms with Crippen LogP contribution in [0.3, 0.4) is 0 Å². The van der Waals surface area contributed by atoms with E-state index in [0.717, 1.165) is 0 Å². The normalized spacial score (nSPS) is 11.9. The first kappa shape index (κ1) is 13.0. The van der Waals surface area contributed by atoms with Gasteiger partial charge in [0.25, 0.3) is 0 Å². The summed E-state index contributed by atoms with van der Waals surface area (Å²) < 4.78 is 18.9. The molecule has 1 heterocycles. The fraction of sp³-hybridized carbons (Fsp3) is 0.143. The number of carbonyl (C=O) groups is 1. The van der Waals surface area contributed by atoms with Crippen LogP contribution in [0.2, 0.25) is 0 Å². The molecule has 0 amide bonds. The Balaban J connectivity index is 2.30. The third kappa shape index (κ3) is 2.88. The summed E-state index contributed by atoms with van der Waals surface area (Å²) in [7, 11) is 0. The molecule has 2 rings (SSSR count). The zero-order valence-electron chi connectivity index (χ0n) is 10.3. The fourth-order valence-electron chi connectivity index (χ4n) is 1.76. The van der Waals surface area contributed by atoms with Gasteiger partial charge in [0.2, 0.25) is 0 Å². The molecule has 2 aromatic rings. The zero-order valence-corrected chi connectivity index (χ0v) is 10.3. The van der Waals surface area contributed by atoms with E-state index < -0.39 is 11.9 Å². The maximum atomic E-state index is 13.3. The van der Waals surface area contributed by atoms with Gasteiger partial charge in [0, 0.05) is 17.3 Å². The summed E-state index contributed by atoms with van der Waals surface area (Å²) in [5.74, 6) is 0.227. The number of nitrogens with two attached hydrogens (primary N) is 1. The maximum Gasteiger partial charge on any atom is 0.166 e. The number of aromatic nitrogens is 1. The van der Waals surface area contributed by atoms with Gasteiger partial charge < -0.3 is 10.5 Å². The molecule has 98 valence electrons. The van der Waals surface area contributed by atoms with Gasteiger partial charge >= 0.3 is 0 Å². The van der Waals surface area contributed by atoms with Crippen molar-refractivity contribution >= 4 is 12.1 Å². The quantitative estimate of drug-likeness (QED) is 0.858. The molecular formula is C14H13FN2O2. The van der Waals surface area contributed by atoms with E-state index in [4.69, 9.17) is 10.5 Å². The zero-order chi connectivity index (χ0) is 13.8. The van der Waals surface area contributed by atoms with Crippen LogP contribution in [0.5, 0.6) is 5.75 Å². The summed E-state index contributed by atoms with van der Waals surface area (Å²) in [6, 6.07) is 7.28. The van der Waals surface area contributed by atoms with Crippen LogP contribution in [-0.4, -0.2) is 11.3 Å². The Kier molecular flexibility index (Phi) is 3.75. The summed E-state index contributed by atoms with van der Waals surface area (Å²) in [6.45, 7) is 1.72. The SMILES string of the molecule is CC(Oc1cccnc1N)c1cc(F)ccc1C=O. The number of nitrogens with zero attached hydrogens (tertiary/aromatic N) is 1. The molecule has 0 fully saturated rings. The first-order valence-corrected chi connectivity index (χ1v) is 5.73. The number of hydrogen-bond acceptors (Lipinski definition) is 4. The molecule has 0 aliphatic heterocycles. The minimum atomic E-state index is -0.512. The van der Waals surface area contributed by atoms with Crippen LogP contribution in [0, 0.1) is 5.82 Å². The van der Waals surface area contributed by atoms with Gasteiger partial charge in [-0.25, -0.2) is 9.37 Å². The number of aldehydes is 1. The third-order valence-corrected chi connectivity index (χ3v) is 2.72. The van der Waals surface area contributed by atoms with E-state index in [1.165, 1.54) is 18.2 Å². The molecule has 1 aromatic heterocycles. The molecule has 19 heavy (non-hydrogen) atoms. The molecule has 0 bridgehead atoms. The van der Waals surface area contributed by atoms with E-state index in [2.05, 4.69) is 4.98 Å². The highest BCUT2D eigenvalue weighted by atomic mass is 19.1. The van der Waals surface area contributed by atoms with E-state index >= 15 is 0 Å². The van der Waals surface area contributed by atoms with Crippen LogP contribution in [0.1, 0.15) is 28.9 Å². The molecule has 4 nitrogen and oxygen atoms in total. The van der Waals surface area contributed by atoms with Gasteiger partial charge in [0.15, 0.2) is 11.6 Å². The number of benzene rings is 1. The van der Waals surface area contributed by atoms with E-state index in [-0.39, 0.29) is 5.82 Å². The molecule has 2 N–H and O–H groups in total. The van der Waals surface area contributed by atoms with Crippen molar-refractivity contribution in [2.75, 3.05) is 5.73 Å². The predicted molar refractivity (Wildman–Crippen MR) is 69.5 cm³/mol. The molecule has 0 radical (unpaired) electrons. The number of carbonyl (C=O) groups excluding carboxylic acids is 1. The second-order valence-electron chi connectivity index (χ2n) is 4.04. The monoisotopic (exact) mass is 260 g/mol. The van der Waals surface area contributed by atoms with E-state index in [1.54, 1.807) is 25.3 Å². The highest BCUT2D eigenvalue weighted by molar-refractivity contribution is 5.77. The van der Waals surface area contributed by atoms with Crippen molar-refractivity contribution in [2.24, 2.45) is 0 Å². The minimum absolute atomic E-state index is 0.249. The molecule has 0 aliphatic rings. The molecule has 1 atom stereocenters. The van der Waals surface area contributed by atoms with Crippen LogP contribution in [0.25, 0.3) is 0 Å². The van der Waals surface area contributed by atoms with Crippen LogP contribution in [-0.2, 0) is 0 Å². The van der Waals surface area contributed by atoms with Gasteiger partial charge in [0.1, 0.15) is 18.2 Å². The van der Waals surface area contributed by atoms with Crippen molar-refractivity contribution in [1.82, 2.24) is 4.98 Å².